The Balaban J connectivity index is 1.90. The largest absolute Gasteiger partial charge is 0.416 e. The summed E-state index contributed by atoms with van der Waals surface area (Å²) in [5, 5.41) is 9.82. The number of benzene rings is 1. The summed E-state index contributed by atoms with van der Waals surface area (Å²) in [6, 6.07) is 7.44. The van der Waals surface area contributed by atoms with Crippen molar-refractivity contribution < 1.29 is 18.3 Å². The lowest BCUT2D eigenvalue weighted by atomic mass is 10.1. The molecule has 3 rings (SSSR count). The van der Waals surface area contributed by atoms with Crippen molar-refractivity contribution in [2.24, 2.45) is 0 Å². The summed E-state index contributed by atoms with van der Waals surface area (Å²) in [5.74, 6) is 0. The molecule has 1 aliphatic heterocycles. The second-order valence-electron chi connectivity index (χ2n) is 6.81. The van der Waals surface area contributed by atoms with Gasteiger partial charge >= 0.3 is 6.18 Å². The van der Waals surface area contributed by atoms with Crippen LogP contribution in [0, 0.1) is 13.8 Å². The number of piperidine rings is 1. The molecule has 0 amide bonds. The molecule has 2 heterocycles. The van der Waals surface area contributed by atoms with Crippen LogP contribution in [0.15, 0.2) is 30.3 Å². The summed E-state index contributed by atoms with van der Waals surface area (Å²) in [6.07, 6.45) is -2.84. The normalized spacial score (nSPS) is 19.4. The molecule has 6 heteroatoms. The third kappa shape index (κ3) is 3.90. The van der Waals surface area contributed by atoms with Crippen LogP contribution in [-0.4, -0.2) is 33.8 Å². The molecule has 1 N–H and O–H groups in total. The fourth-order valence-electron chi connectivity index (χ4n) is 3.62. The van der Waals surface area contributed by atoms with Crippen molar-refractivity contribution in [1.29, 1.82) is 0 Å². The van der Waals surface area contributed by atoms with E-state index in [-0.39, 0.29) is 6.10 Å². The molecule has 136 valence electrons. The fourth-order valence-corrected chi connectivity index (χ4v) is 3.62. The number of likely N-dealkylation sites (tertiary alicyclic amines) is 1. The number of alkyl halides is 3. The van der Waals surface area contributed by atoms with Crippen LogP contribution >= 0.6 is 0 Å². The Morgan fingerprint density at radius 1 is 1.20 bits per heavy atom. The number of nitrogens with zero attached hydrogens (tertiary/aromatic N) is 2. The number of aliphatic hydroxyl groups excluding tert-OH is 1. The Hall–Kier alpha value is -1.79. The van der Waals surface area contributed by atoms with Crippen LogP contribution in [-0.2, 0) is 12.7 Å². The Labute approximate surface area is 145 Å². The first-order valence-corrected chi connectivity index (χ1v) is 8.51. The topological polar surface area (TPSA) is 28.4 Å². The second kappa shape index (κ2) is 6.84. The van der Waals surface area contributed by atoms with Gasteiger partial charge in [0.25, 0.3) is 0 Å². The number of hydrogen-bond acceptors (Lipinski definition) is 2. The van der Waals surface area contributed by atoms with Crippen molar-refractivity contribution in [2.45, 2.75) is 45.5 Å². The molecule has 1 aliphatic rings. The Morgan fingerprint density at radius 3 is 2.64 bits per heavy atom. The predicted octanol–water partition coefficient (Wildman–Crippen LogP) is 4.07. The average Bonchev–Trinajstić information content (AvgIpc) is 2.81. The molecule has 0 saturated carbocycles. The Bertz CT molecular complexity index is 752. The van der Waals surface area contributed by atoms with Crippen LogP contribution < -0.4 is 0 Å². The number of β-amino-alcohol motifs (C(OH)–C–C–N with tert-alkyl or cyclic N) is 1. The molecular weight excluding hydrogens is 329 g/mol. The molecule has 3 nitrogen and oxygen atoms in total. The van der Waals surface area contributed by atoms with Crippen LogP contribution in [0.5, 0.6) is 0 Å². The van der Waals surface area contributed by atoms with Gasteiger partial charge in [-0.15, -0.1) is 0 Å². The van der Waals surface area contributed by atoms with E-state index in [1.807, 2.05) is 24.5 Å². The first kappa shape index (κ1) is 18.0. The van der Waals surface area contributed by atoms with E-state index in [0.29, 0.717) is 18.8 Å². The molecule has 0 unspecified atom stereocenters. The zero-order chi connectivity index (χ0) is 18.2. The van der Waals surface area contributed by atoms with Gasteiger partial charge in [-0.2, -0.15) is 13.2 Å². The molecule has 1 atom stereocenters. The van der Waals surface area contributed by atoms with E-state index in [9.17, 15) is 18.3 Å². The zero-order valence-corrected chi connectivity index (χ0v) is 14.5. The number of aliphatic hydroxyl groups is 1. The van der Waals surface area contributed by atoms with Crippen LogP contribution in [0.3, 0.4) is 0 Å². The highest BCUT2D eigenvalue weighted by Gasteiger charge is 2.30. The summed E-state index contributed by atoms with van der Waals surface area (Å²) in [4.78, 5) is 2.20. The average molecular weight is 352 g/mol. The molecule has 1 fully saturated rings. The highest BCUT2D eigenvalue weighted by molar-refractivity contribution is 5.43. The third-order valence-corrected chi connectivity index (χ3v) is 4.84. The van der Waals surface area contributed by atoms with Crippen LogP contribution in [0.25, 0.3) is 5.69 Å². The first-order chi connectivity index (χ1) is 11.8. The van der Waals surface area contributed by atoms with Gasteiger partial charge in [0.05, 0.1) is 11.7 Å². The lowest BCUT2D eigenvalue weighted by Gasteiger charge is -2.29. The first-order valence-electron chi connectivity index (χ1n) is 8.51. The van der Waals surface area contributed by atoms with E-state index in [4.69, 9.17) is 0 Å². The summed E-state index contributed by atoms with van der Waals surface area (Å²) in [5.41, 5.74) is 2.82. The van der Waals surface area contributed by atoms with E-state index < -0.39 is 11.7 Å². The number of aromatic nitrogens is 1. The number of aryl methyl sites for hydroxylation is 1. The maximum absolute atomic E-state index is 13.0. The summed E-state index contributed by atoms with van der Waals surface area (Å²) in [6.45, 7) is 6.12. The molecule has 0 bridgehead atoms. The van der Waals surface area contributed by atoms with Crippen LogP contribution in [0.1, 0.15) is 35.4 Å². The quantitative estimate of drug-likeness (QED) is 0.902. The van der Waals surface area contributed by atoms with Crippen molar-refractivity contribution in [2.75, 3.05) is 13.1 Å². The number of halogens is 3. The second-order valence-corrected chi connectivity index (χ2v) is 6.81. The summed E-state index contributed by atoms with van der Waals surface area (Å²) in [7, 11) is 0. The Morgan fingerprint density at radius 2 is 1.96 bits per heavy atom. The third-order valence-electron chi connectivity index (χ3n) is 4.84. The molecule has 0 radical (unpaired) electrons. The van der Waals surface area contributed by atoms with Gasteiger partial charge in [-0.05, 0) is 63.1 Å². The molecule has 2 aromatic rings. The van der Waals surface area contributed by atoms with E-state index in [0.717, 1.165) is 42.4 Å². The fraction of sp³-hybridized carbons (Fsp3) is 0.474. The molecular formula is C19H23F3N2O. The molecule has 25 heavy (non-hydrogen) atoms. The number of hydrogen-bond donors (Lipinski definition) is 1. The maximum Gasteiger partial charge on any atom is 0.416 e. The van der Waals surface area contributed by atoms with Gasteiger partial charge in [0.2, 0.25) is 0 Å². The lowest BCUT2D eigenvalue weighted by Crippen LogP contribution is -2.37. The minimum absolute atomic E-state index is 0.291. The Kier molecular flexibility index (Phi) is 4.93. The van der Waals surface area contributed by atoms with Crippen molar-refractivity contribution in [1.82, 2.24) is 9.47 Å². The van der Waals surface area contributed by atoms with Crippen molar-refractivity contribution in [3.05, 3.63) is 52.8 Å². The van der Waals surface area contributed by atoms with Crippen molar-refractivity contribution >= 4 is 0 Å². The molecule has 0 aliphatic carbocycles. The minimum Gasteiger partial charge on any atom is -0.392 e. The van der Waals surface area contributed by atoms with Gasteiger partial charge in [0, 0.05) is 30.2 Å². The van der Waals surface area contributed by atoms with Crippen molar-refractivity contribution in [3.63, 3.8) is 0 Å². The van der Waals surface area contributed by atoms with Gasteiger partial charge < -0.3 is 9.67 Å². The van der Waals surface area contributed by atoms with Crippen LogP contribution in [0.2, 0.25) is 0 Å². The van der Waals surface area contributed by atoms with Gasteiger partial charge in [0.15, 0.2) is 0 Å². The van der Waals surface area contributed by atoms with Crippen LogP contribution in [0.4, 0.5) is 13.2 Å². The van der Waals surface area contributed by atoms with E-state index in [1.54, 1.807) is 6.07 Å². The molecule has 0 spiro atoms. The summed E-state index contributed by atoms with van der Waals surface area (Å²) < 4.78 is 40.9. The van der Waals surface area contributed by atoms with Gasteiger partial charge in [-0.3, -0.25) is 4.90 Å². The maximum atomic E-state index is 13.0. The van der Waals surface area contributed by atoms with Gasteiger partial charge in [-0.25, -0.2) is 0 Å². The van der Waals surface area contributed by atoms with Gasteiger partial charge in [0.1, 0.15) is 0 Å². The van der Waals surface area contributed by atoms with E-state index >= 15 is 0 Å². The molecule has 1 aromatic heterocycles. The van der Waals surface area contributed by atoms with E-state index in [2.05, 4.69) is 4.90 Å². The number of rotatable bonds is 3. The molecule has 1 saturated heterocycles. The van der Waals surface area contributed by atoms with Gasteiger partial charge in [-0.1, -0.05) is 6.07 Å². The monoisotopic (exact) mass is 352 g/mol. The SMILES string of the molecule is Cc1cc(CN2CCC[C@H](O)C2)c(C)n1-c1cccc(C(F)(F)F)c1. The standard InChI is InChI=1S/C19H23F3N2O/c1-13-9-15(11-23-8-4-7-18(25)12-23)14(2)24(13)17-6-3-5-16(10-17)19(20,21)22/h3,5-6,9-10,18,25H,4,7-8,11-12H2,1-2H3/t18-/m0/s1. The zero-order valence-electron chi connectivity index (χ0n) is 14.5. The highest BCUT2D eigenvalue weighted by atomic mass is 19.4. The minimum atomic E-state index is -4.35. The predicted molar refractivity (Wildman–Crippen MR) is 90.8 cm³/mol. The lowest BCUT2D eigenvalue weighted by molar-refractivity contribution is -0.137. The van der Waals surface area contributed by atoms with E-state index in [1.165, 1.54) is 12.1 Å². The smallest absolute Gasteiger partial charge is 0.392 e. The molecule has 1 aromatic carbocycles. The summed E-state index contributed by atoms with van der Waals surface area (Å²) >= 11 is 0. The highest BCUT2D eigenvalue weighted by Crippen LogP contribution is 2.31. The van der Waals surface area contributed by atoms with Crippen molar-refractivity contribution in [3.8, 4) is 5.69 Å².